The van der Waals surface area contributed by atoms with E-state index in [1.807, 2.05) is 49.4 Å². The van der Waals surface area contributed by atoms with Crippen LogP contribution in [0.25, 0.3) is 11.1 Å². The second-order valence-corrected chi connectivity index (χ2v) is 8.65. The van der Waals surface area contributed by atoms with E-state index in [1.54, 1.807) is 0 Å². The molecule has 4 nitrogen and oxygen atoms in total. The van der Waals surface area contributed by atoms with Crippen LogP contribution in [0.4, 0.5) is 0 Å². The number of hydrogen-bond acceptors (Lipinski definition) is 4. The van der Waals surface area contributed by atoms with Gasteiger partial charge in [0.1, 0.15) is 11.1 Å². The van der Waals surface area contributed by atoms with Crippen LogP contribution in [0.3, 0.4) is 0 Å². The number of hydrogen-bond donors (Lipinski definition) is 0. The first-order valence-electron chi connectivity index (χ1n) is 8.45. The summed E-state index contributed by atoms with van der Waals surface area (Å²) in [5.74, 6) is 1.08. The van der Waals surface area contributed by atoms with Crippen LogP contribution in [0.2, 0.25) is 0 Å². The summed E-state index contributed by atoms with van der Waals surface area (Å²) in [6.45, 7) is 6.88. The molecule has 0 radical (unpaired) electrons. The zero-order chi connectivity index (χ0) is 18.4. The van der Waals surface area contributed by atoms with E-state index in [9.17, 15) is 4.57 Å². The fourth-order valence-corrected chi connectivity index (χ4v) is 3.70. The van der Waals surface area contributed by atoms with Crippen molar-refractivity contribution in [3.8, 4) is 16.9 Å². The van der Waals surface area contributed by atoms with Crippen molar-refractivity contribution in [3.05, 3.63) is 48.0 Å². The van der Waals surface area contributed by atoms with Crippen LogP contribution in [-0.2, 0) is 13.6 Å². The molecule has 0 spiro atoms. The number of ether oxygens (including phenoxy) is 1. The molecule has 0 saturated heterocycles. The minimum atomic E-state index is -3.42. The molecule has 0 unspecified atom stereocenters. The van der Waals surface area contributed by atoms with E-state index in [0.717, 1.165) is 17.5 Å². The Labute approximate surface area is 150 Å². The normalized spacial score (nSPS) is 11.8. The van der Waals surface area contributed by atoms with Crippen molar-refractivity contribution in [3.63, 3.8) is 0 Å². The molecule has 0 amide bonds. The Kier molecular flexibility index (Phi) is 6.83. The molecule has 5 heteroatoms. The Morgan fingerprint density at radius 3 is 2.12 bits per heavy atom. The second kappa shape index (κ2) is 8.66. The van der Waals surface area contributed by atoms with Crippen LogP contribution in [0.1, 0.15) is 25.8 Å². The molecule has 0 aliphatic rings. The number of aryl methyl sites for hydroxylation is 1. The molecule has 0 N–H and O–H groups in total. The SMILES string of the molecule is COP(=O)(OC)c1cc(-c2ccc(C)cc2)ccc1OCCC(C)C. The highest BCUT2D eigenvalue weighted by molar-refractivity contribution is 7.62. The Morgan fingerprint density at radius 2 is 1.56 bits per heavy atom. The van der Waals surface area contributed by atoms with Gasteiger partial charge in [-0.05, 0) is 42.5 Å². The lowest BCUT2D eigenvalue weighted by atomic mass is 10.0. The minimum absolute atomic E-state index is 0.458. The van der Waals surface area contributed by atoms with Crippen LogP contribution in [-0.4, -0.2) is 20.8 Å². The van der Waals surface area contributed by atoms with Gasteiger partial charge >= 0.3 is 7.60 Å². The molecule has 0 aliphatic carbocycles. The highest BCUT2D eigenvalue weighted by Crippen LogP contribution is 2.48. The topological polar surface area (TPSA) is 44.8 Å². The summed E-state index contributed by atoms with van der Waals surface area (Å²) >= 11 is 0. The molecule has 2 rings (SSSR count). The van der Waals surface area contributed by atoms with Crippen LogP contribution in [0, 0.1) is 12.8 Å². The van der Waals surface area contributed by atoms with Gasteiger partial charge in [0.25, 0.3) is 0 Å². The average Bonchev–Trinajstić information content (AvgIpc) is 2.61. The van der Waals surface area contributed by atoms with Crippen LogP contribution in [0.15, 0.2) is 42.5 Å². The maximum atomic E-state index is 13.0. The molecule has 2 aromatic rings. The van der Waals surface area contributed by atoms with Gasteiger partial charge in [-0.1, -0.05) is 49.7 Å². The van der Waals surface area contributed by atoms with Crippen molar-refractivity contribution in [2.24, 2.45) is 5.92 Å². The maximum absolute atomic E-state index is 13.0. The standard InChI is InChI=1S/C20H27O4P/c1-15(2)12-13-24-19-11-10-18(17-8-6-16(3)7-9-17)14-20(19)25(21,22-4)23-5/h6-11,14-15H,12-13H2,1-5H3. The summed E-state index contributed by atoms with van der Waals surface area (Å²) in [7, 11) is -0.638. The molecule has 0 aromatic heterocycles. The summed E-state index contributed by atoms with van der Waals surface area (Å²) < 4.78 is 29.3. The molecule has 0 saturated carbocycles. The van der Waals surface area contributed by atoms with Gasteiger partial charge in [-0.25, -0.2) is 0 Å². The van der Waals surface area contributed by atoms with Gasteiger partial charge in [0.05, 0.1) is 6.61 Å². The van der Waals surface area contributed by atoms with Crippen molar-refractivity contribution in [2.45, 2.75) is 27.2 Å². The molecular weight excluding hydrogens is 335 g/mol. The summed E-state index contributed by atoms with van der Waals surface area (Å²) in [5.41, 5.74) is 3.18. The average molecular weight is 362 g/mol. The first-order chi connectivity index (χ1) is 11.9. The molecule has 0 heterocycles. The van der Waals surface area contributed by atoms with E-state index in [-0.39, 0.29) is 0 Å². The third-order valence-corrected chi connectivity index (χ3v) is 5.97. The lowest BCUT2D eigenvalue weighted by Gasteiger charge is -2.19. The fraction of sp³-hybridized carbons (Fsp3) is 0.400. The third kappa shape index (κ3) is 4.94. The Bertz CT molecular complexity index is 730. The van der Waals surface area contributed by atoms with Crippen LogP contribution in [0.5, 0.6) is 5.75 Å². The maximum Gasteiger partial charge on any atom is 0.364 e. The minimum Gasteiger partial charge on any atom is -0.493 e. The highest BCUT2D eigenvalue weighted by Gasteiger charge is 2.29. The second-order valence-electron chi connectivity index (χ2n) is 6.44. The lowest BCUT2D eigenvalue weighted by molar-refractivity contribution is 0.277. The van der Waals surface area contributed by atoms with Crippen molar-refractivity contribution >= 4 is 12.9 Å². The molecule has 136 valence electrons. The number of benzene rings is 2. The van der Waals surface area contributed by atoms with Gasteiger partial charge in [0, 0.05) is 14.2 Å². The van der Waals surface area contributed by atoms with E-state index >= 15 is 0 Å². The first kappa shape index (κ1) is 19.7. The van der Waals surface area contributed by atoms with Crippen LogP contribution < -0.4 is 10.0 Å². The van der Waals surface area contributed by atoms with Crippen molar-refractivity contribution in [1.29, 1.82) is 0 Å². The van der Waals surface area contributed by atoms with E-state index in [2.05, 4.69) is 13.8 Å². The molecule has 0 fully saturated rings. The Morgan fingerprint density at radius 1 is 0.960 bits per heavy atom. The van der Waals surface area contributed by atoms with Crippen molar-refractivity contribution in [1.82, 2.24) is 0 Å². The lowest BCUT2D eigenvalue weighted by Crippen LogP contribution is -2.14. The molecule has 25 heavy (non-hydrogen) atoms. The van der Waals surface area contributed by atoms with Crippen molar-refractivity contribution in [2.75, 3.05) is 20.8 Å². The van der Waals surface area contributed by atoms with Gasteiger partial charge in [-0.3, -0.25) is 4.57 Å². The fourth-order valence-electron chi connectivity index (χ4n) is 2.45. The smallest absolute Gasteiger partial charge is 0.364 e. The van der Waals surface area contributed by atoms with E-state index in [4.69, 9.17) is 13.8 Å². The monoisotopic (exact) mass is 362 g/mol. The zero-order valence-corrected chi connectivity index (χ0v) is 16.5. The summed E-state index contributed by atoms with van der Waals surface area (Å²) in [4.78, 5) is 0. The predicted molar refractivity (Wildman–Crippen MR) is 103 cm³/mol. The Balaban J connectivity index is 2.43. The van der Waals surface area contributed by atoms with Gasteiger partial charge in [-0.2, -0.15) is 0 Å². The molecule has 0 atom stereocenters. The van der Waals surface area contributed by atoms with Gasteiger partial charge in [0.2, 0.25) is 0 Å². The van der Waals surface area contributed by atoms with Gasteiger partial charge in [0.15, 0.2) is 0 Å². The molecule has 2 aromatic carbocycles. The predicted octanol–water partition coefficient (Wildman–Crippen LogP) is 5.20. The molecule has 0 bridgehead atoms. The zero-order valence-electron chi connectivity index (χ0n) is 15.6. The summed E-state index contributed by atoms with van der Waals surface area (Å²) in [6.07, 6.45) is 0.920. The summed E-state index contributed by atoms with van der Waals surface area (Å²) in [6, 6.07) is 13.8. The van der Waals surface area contributed by atoms with Gasteiger partial charge in [-0.15, -0.1) is 0 Å². The van der Waals surface area contributed by atoms with E-state index in [1.165, 1.54) is 19.8 Å². The third-order valence-electron chi connectivity index (χ3n) is 4.07. The number of rotatable bonds is 8. The largest absolute Gasteiger partial charge is 0.493 e. The highest BCUT2D eigenvalue weighted by atomic mass is 31.2. The van der Waals surface area contributed by atoms with Crippen molar-refractivity contribution < 1.29 is 18.3 Å². The quantitative estimate of drug-likeness (QED) is 0.606. The van der Waals surface area contributed by atoms with Gasteiger partial charge < -0.3 is 13.8 Å². The molecular formula is C20H27O4P. The Hall–Kier alpha value is -1.61. The molecule has 0 aliphatic heterocycles. The first-order valence-corrected chi connectivity index (χ1v) is 10.00. The summed E-state index contributed by atoms with van der Waals surface area (Å²) in [5, 5.41) is 0.458. The van der Waals surface area contributed by atoms with Crippen LogP contribution >= 0.6 is 7.60 Å². The van der Waals surface area contributed by atoms with E-state index in [0.29, 0.717) is 23.6 Å². The van der Waals surface area contributed by atoms with E-state index < -0.39 is 7.60 Å².